The number of aliphatic hydroxyl groups excluding tert-OH is 1. The summed E-state index contributed by atoms with van der Waals surface area (Å²) in [6.45, 7) is 6.31. The van der Waals surface area contributed by atoms with Crippen LogP contribution >= 0.6 is 0 Å². The van der Waals surface area contributed by atoms with Crippen LogP contribution in [0.5, 0.6) is 5.75 Å². The summed E-state index contributed by atoms with van der Waals surface area (Å²) >= 11 is 0. The predicted octanol–water partition coefficient (Wildman–Crippen LogP) is 2.38. The SMILES string of the molecule is Cc1ccc(C(C)C)c(OC(CO)N(C)C)c1. The Morgan fingerprint density at radius 2 is 1.94 bits per heavy atom. The molecule has 1 unspecified atom stereocenters. The molecule has 3 nitrogen and oxygen atoms in total. The van der Waals surface area contributed by atoms with Gasteiger partial charge >= 0.3 is 0 Å². The van der Waals surface area contributed by atoms with Crippen LogP contribution in [0.1, 0.15) is 30.9 Å². The van der Waals surface area contributed by atoms with Crippen LogP contribution < -0.4 is 4.74 Å². The van der Waals surface area contributed by atoms with E-state index in [1.165, 1.54) is 11.1 Å². The molecule has 0 aliphatic rings. The average Bonchev–Trinajstić information content (AvgIpc) is 2.25. The molecule has 0 saturated carbocycles. The predicted molar refractivity (Wildman–Crippen MR) is 70.5 cm³/mol. The molecule has 0 aliphatic heterocycles. The fourth-order valence-electron chi connectivity index (χ4n) is 1.67. The van der Waals surface area contributed by atoms with Crippen molar-refractivity contribution in [2.75, 3.05) is 20.7 Å². The fourth-order valence-corrected chi connectivity index (χ4v) is 1.67. The van der Waals surface area contributed by atoms with Crippen LogP contribution in [0.4, 0.5) is 0 Å². The van der Waals surface area contributed by atoms with Crippen molar-refractivity contribution in [3.63, 3.8) is 0 Å². The van der Waals surface area contributed by atoms with Crippen molar-refractivity contribution in [3.05, 3.63) is 29.3 Å². The van der Waals surface area contributed by atoms with Crippen molar-refractivity contribution in [1.29, 1.82) is 0 Å². The number of likely N-dealkylation sites (N-methyl/N-ethyl adjacent to an activating group) is 1. The number of hydrogen-bond acceptors (Lipinski definition) is 3. The van der Waals surface area contributed by atoms with Crippen LogP contribution in [0.2, 0.25) is 0 Å². The highest BCUT2D eigenvalue weighted by Gasteiger charge is 2.15. The van der Waals surface area contributed by atoms with E-state index >= 15 is 0 Å². The van der Waals surface area contributed by atoms with E-state index < -0.39 is 0 Å². The van der Waals surface area contributed by atoms with Gasteiger partial charge in [-0.25, -0.2) is 0 Å². The van der Waals surface area contributed by atoms with E-state index in [4.69, 9.17) is 4.74 Å². The van der Waals surface area contributed by atoms with Crippen molar-refractivity contribution in [2.24, 2.45) is 0 Å². The van der Waals surface area contributed by atoms with E-state index in [1.54, 1.807) is 0 Å². The smallest absolute Gasteiger partial charge is 0.175 e. The van der Waals surface area contributed by atoms with Gasteiger partial charge in [0, 0.05) is 0 Å². The molecule has 0 aliphatic carbocycles. The molecule has 0 saturated heterocycles. The molecule has 0 heterocycles. The summed E-state index contributed by atoms with van der Waals surface area (Å²) in [6.07, 6.45) is -0.297. The number of rotatable bonds is 5. The Morgan fingerprint density at radius 3 is 2.41 bits per heavy atom. The molecular formula is C14H23NO2. The minimum Gasteiger partial charge on any atom is -0.472 e. The molecule has 96 valence electrons. The molecule has 0 bridgehead atoms. The largest absolute Gasteiger partial charge is 0.472 e. The molecule has 0 amide bonds. The Bertz CT molecular complexity index is 361. The van der Waals surface area contributed by atoms with Crippen LogP contribution in [0.15, 0.2) is 18.2 Å². The monoisotopic (exact) mass is 237 g/mol. The Morgan fingerprint density at radius 1 is 1.29 bits per heavy atom. The Balaban J connectivity index is 2.98. The number of hydrogen-bond donors (Lipinski definition) is 1. The van der Waals surface area contributed by atoms with Gasteiger partial charge in [-0.1, -0.05) is 26.0 Å². The summed E-state index contributed by atoms with van der Waals surface area (Å²) in [4.78, 5) is 1.87. The zero-order chi connectivity index (χ0) is 13.0. The molecule has 0 aromatic heterocycles. The first kappa shape index (κ1) is 14.0. The van der Waals surface area contributed by atoms with Gasteiger partial charge in [0.2, 0.25) is 0 Å². The number of aryl methyl sites for hydroxylation is 1. The third-order valence-electron chi connectivity index (χ3n) is 2.79. The Labute approximate surface area is 104 Å². The molecule has 1 N–H and O–H groups in total. The van der Waals surface area contributed by atoms with Gasteiger partial charge in [0.05, 0.1) is 6.61 Å². The lowest BCUT2D eigenvalue weighted by molar-refractivity contribution is 0.0131. The van der Waals surface area contributed by atoms with E-state index in [2.05, 4.69) is 26.0 Å². The maximum Gasteiger partial charge on any atom is 0.175 e. The first-order chi connectivity index (χ1) is 7.95. The third-order valence-corrected chi connectivity index (χ3v) is 2.79. The van der Waals surface area contributed by atoms with Crippen molar-refractivity contribution in [2.45, 2.75) is 32.9 Å². The van der Waals surface area contributed by atoms with Gasteiger partial charge in [0.15, 0.2) is 6.23 Å². The minimum absolute atomic E-state index is 0.0154. The van der Waals surface area contributed by atoms with Crippen LogP contribution in [0.25, 0.3) is 0 Å². The van der Waals surface area contributed by atoms with Crippen molar-refractivity contribution in [3.8, 4) is 5.75 Å². The zero-order valence-corrected chi connectivity index (χ0v) is 11.4. The number of aliphatic hydroxyl groups is 1. The first-order valence-corrected chi connectivity index (χ1v) is 6.00. The van der Waals surface area contributed by atoms with Crippen molar-refractivity contribution in [1.82, 2.24) is 4.90 Å². The molecule has 17 heavy (non-hydrogen) atoms. The van der Waals surface area contributed by atoms with E-state index in [0.717, 1.165) is 5.75 Å². The second-order valence-corrected chi connectivity index (χ2v) is 4.91. The van der Waals surface area contributed by atoms with Gasteiger partial charge in [-0.2, -0.15) is 0 Å². The maximum atomic E-state index is 9.29. The Hall–Kier alpha value is -1.06. The molecule has 0 radical (unpaired) electrons. The molecule has 1 atom stereocenters. The Kier molecular flexibility index (Phi) is 4.97. The molecule has 1 aromatic rings. The lowest BCUT2D eigenvalue weighted by Crippen LogP contribution is -2.36. The molecule has 1 aromatic carbocycles. The molecule has 1 rings (SSSR count). The quantitative estimate of drug-likeness (QED) is 0.798. The molecule has 0 spiro atoms. The fraction of sp³-hybridized carbons (Fsp3) is 0.571. The number of nitrogens with zero attached hydrogens (tertiary/aromatic N) is 1. The van der Waals surface area contributed by atoms with E-state index in [-0.39, 0.29) is 12.8 Å². The number of ether oxygens (including phenoxy) is 1. The normalized spacial score (nSPS) is 13.2. The highest BCUT2D eigenvalue weighted by molar-refractivity contribution is 5.39. The molecule has 3 heteroatoms. The zero-order valence-electron chi connectivity index (χ0n) is 11.4. The van der Waals surface area contributed by atoms with E-state index in [1.807, 2.05) is 32.0 Å². The maximum absolute atomic E-state index is 9.29. The number of benzene rings is 1. The molecule has 0 fully saturated rings. The van der Waals surface area contributed by atoms with Gasteiger partial charge in [-0.05, 0) is 44.1 Å². The lowest BCUT2D eigenvalue weighted by Gasteiger charge is -2.25. The summed E-state index contributed by atoms with van der Waals surface area (Å²) < 4.78 is 5.87. The second-order valence-electron chi connectivity index (χ2n) is 4.91. The van der Waals surface area contributed by atoms with Crippen LogP contribution in [-0.2, 0) is 0 Å². The highest BCUT2D eigenvalue weighted by atomic mass is 16.5. The van der Waals surface area contributed by atoms with Gasteiger partial charge in [0.25, 0.3) is 0 Å². The van der Waals surface area contributed by atoms with Gasteiger partial charge in [-0.3, -0.25) is 4.90 Å². The van der Waals surface area contributed by atoms with Crippen LogP contribution in [0.3, 0.4) is 0 Å². The summed E-state index contributed by atoms with van der Waals surface area (Å²) in [7, 11) is 3.79. The van der Waals surface area contributed by atoms with E-state index in [9.17, 15) is 5.11 Å². The van der Waals surface area contributed by atoms with E-state index in [0.29, 0.717) is 5.92 Å². The lowest BCUT2D eigenvalue weighted by atomic mass is 10.0. The summed E-state index contributed by atoms with van der Waals surface area (Å²) in [5.74, 6) is 1.28. The van der Waals surface area contributed by atoms with Crippen LogP contribution in [-0.4, -0.2) is 36.9 Å². The first-order valence-electron chi connectivity index (χ1n) is 6.00. The third kappa shape index (κ3) is 3.72. The molecular weight excluding hydrogens is 214 g/mol. The van der Waals surface area contributed by atoms with Crippen LogP contribution in [0, 0.1) is 6.92 Å². The summed E-state index contributed by atoms with van der Waals surface area (Å²) in [5.41, 5.74) is 2.34. The topological polar surface area (TPSA) is 32.7 Å². The average molecular weight is 237 g/mol. The minimum atomic E-state index is -0.297. The van der Waals surface area contributed by atoms with Gasteiger partial charge in [0.1, 0.15) is 5.75 Å². The summed E-state index contributed by atoms with van der Waals surface area (Å²) in [5, 5.41) is 9.29. The van der Waals surface area contributed by atoms with Crippen molar-refractivity contribution >= 4 is 0 Å². The highest BCUT2D eigenvalue weighted by Crippen LogP contribution is 2.28. The van der Waals surface area contributed by atoms with Gasteiger partial charge < -0.3 is 9.84 Å². The summed E-state index contributed by atoms with van der Waals surface area (Å²) in [6, 6.07) is 6.22. The standard InChI is InChI=1S/C14H23NO2/c1-10(2)12-7-6-11(3)8-13(12)17-14(9-16)15(4)5/h6-8,10,14,16H,9H2,1-5H3. The van der Waals surface area contributed by atoms with Crippen molar-refractivity contribution < 1.29 is 9.84 Å². The van der Waals surface area contributed by atoms with Gasteiger partial charge in [-0.15, -0.1) is 0 Å². The second kappa shape index (κ2) is 6.03.